The summed E-state index contributed by atoms with van der Waals surface area (Å²) in [4.78, 5) is 51.4. The van der Waals surface area contributed by atoms with E-state index in [1.54, 1.807) is 36.4 Å². The lowest BCUT2D eigenvalue weighted by Crippen LogP contribution is -2.32. The third-order valence-corrected chi connectivity index (χ3v) is 6.76. The van der Waals surface area contributed by atoms with Gasteiger partial charge in [-0.15, -0.1) is 0 Å². The van der Waals surface area contributed by atoms with Gasteiger partial charge in [-0.1, -0.05) is 12.1 Å². The number of para-hydroxylation sites is 1. The molecule has 2 saturated carbocycles. The summed E-state index contributed by atoms with van der Waals surface area (Å²) in [7, 11) is 0. The van der Waals surface area contributed by atoms with Gasteiger partial charge >= 0.3 is 5.97 Å². The number of hydrogen-bond donors (Lipinski definition) is 0. The zero-order valence-corrected chi connectivity index (χ0v) is 16.5. The Morgan fingerprint density at radius 2 is 1.50 bits per heavy atom. The van der Waals surface area contributed by atoms with Crippen molar-refractivity contribution in [2.45, 2.75) is 26.2 Å². The number of amides is 2. The second-order valence-corrected chi connectivity index (χ2v) is 8.39. The molecule has 152 valence electrons. The molecule has 2 aromatic carbocycles. The molecule has 6 nitrogen and oxygen atoms in total. The van der Waals surface area contributed by atoms with Crippen molar-refractivity contribution in [3.63, 3.8) is 0 Å². The average Bonchev–Trinajstić information content (AvgIpc) is 3.42. The van der Waals surface area contributed by atoms with Crippen LogP contribution in [0.3, 0.4) is 0 Å². The first kappa shape index (κ1) is 18.7. The van der Waals surface area contributed by atoms with Gasteiger partial charge in [-0.2, -0.15) is 0 Å². The Balaban J connectivity index is 1.35. The number of ether oxygens (including phenoxy) is 1. The molecule has 0 aromatic heterocycles. The van der Waals surface area contributed by atoms with Crippen LogP contribution in [0.1, 0.15) is 46.9 Å². The van der Waals surface area contributed by atoms with Gasteiger partial charge < -0.3 is 4.74 Å². The van der Waals surface area contributed by atoms with Gasteiger partial charge in [0.25, 0.3) is 0 Å². The van der Waals surface area contributed by atoms with E-state index in [9.17, 15) is 19.2 Å². The maximum atomic E-state index is 12.9. The fraction of sp³-hybridized carbons (Fsp3) is 0.333. The van der Waals surface area contributed by atoms with Gasteiger partial charge in [0.05, 0.1) is 28.7 Å². The van der Waals surface area contributed by atoms with Crippen molar-refractivity contribution < 1.29 is 23.9 Å². The lowest BCUT2D eigenvalue weighted by Gasteiger charge is -2.19. The largest absolute Gasteiger partial charge is 0.422 e. The molecule has 3 aliphatic rings. The normalized spacial score (nSPS) is 26.8. The molecule has 0 radical (unpaired) electrons. The number of hydrogen-bond acceptors (Lipinski definition) is 5. The number of anilines is 1. The van der Waals surface area contributed by atoms with Crippen LogP contribution in [0.2, 0.25) is 0 Å². The summed E-state index contributed by atoms with van der Waals surface area (Å²) in [6.45, 7) is 1.41. The van der Waals surface area contributed by atoms with Crippen LogP contribution >= 0.6 is 0 Å². The van der Waals surface area contributed by atoms with Crippen LogP contribution in [0.4, 0.5) is 5.69 Å². The Morgan fingerprint density at radius 3 is 2.10 bits per heavy atom. The topological polar surface area (TPSA) is 80.8 Å². The van der Waals surface area contributed by atoms with E-state index in [1.165, 1.54) is 24.0 Å². The van der Waals surface area contributed by atoms with Crippen molar-refractivity contribution >= 4 is 29.3 Å². The van der Waals surface area contributed by atoms with E-state index in [1.807, 2.05) is 0 Å². The molecule has 5 rings (SSSR count). The SMILES string of the molecule is CC(=O)c1ccccc1OC(=O)c1ccc(N2C(=O)C3C4CCC(C4)C3C2=O)cc1. The van der Waals surface area contributed by atoms with E-state index in [4.69, 9.17) is 4.74 Å². The lowest BCUT2D eigenvalue weighted by molar-refractivity contribution is -0.123. The summed E-state index contributed by atoms with van der Waals surface area (Å²) in [6.07, 6.45) is 3.06. The van der Waals surface area contributed by atoms with Crippen LogP contribution in [0.15, 0.2) is 48.5 Å². The van der Waals surface area contributed by atoms with E-state index in [-0.39, 0.29) is 40.7 Å². The first-order valence-corrected chi connectivity index (χ1v) is 10.3. The molecule has 1 aliphatic heterocycles. The minimum Gasteiger partial charge on any atom is -0.422 e. The summed E-state index contributed by atoms with van der Waals surface area (Å²) in [5, 5.41) is 0. The van der Waals surface area contributed by atoms with Crippen LogP contribution in [0.5, 0.6) is 5.75 Å². The highest BCUT2D eigenvalue weighted by Crippen LogP contribution is 2.56. The highest BCUT2D eigenvalue weighted by molar-refractivity contribution is 6.22. The van der Waals surface area contributed by atoms with E-state index in [0.717, 1.165) is 19.3 Å². The number of imide groups is 1. The van der Waals surface area contributed by atoms with Gasteiger partial charge in [-0.3, -0.25) is 19.3 Å². The zero-order chi connectivity index (χ0) is 21.0. The van der Waals surface area contributed by atoms with Crippen LogP contribution in [0, 0.1) is 23.7 Å². The molecule has 2 bridgehead atoms. The summed E-state index contributed by atoms with van der Waals surface area (Å²) >= 11 is 0. The number of ketones is 1. The third kappa shape index (κ3) is 2.78. The number of esters is 1. The van der Waals surface area contributed by atoms with Gasteiger partial charge in [-0.25, -0.2) is 4.79 Å². The van der Waals surface area contributed by atoms with Gasteiger partial charge in [0.15, 0.2) is 5.78 Å². The smallest absolute Gasteiger partial charge is 0.343 e. The molecule has 1 saturated heterocycles. The molecular formula is C24H21NO5. The fourth-order valence-electron chi connectivity index (χ4n) is 5.42. The van der Waals surface area contributed by atoms with Gasteiger partial charge in [0, 0.05) is 0 Å². The number of Topliss-reactive ketones (excluding diaryl/α,β-unsaturated/α-hetero) is 1. The third-order valence-electron chi connectivity index (χ3n) is 6.76. The van der Waals surface area contributed by atoms with E-state index < -0.39 is 5.97 Å². The number of nitrogens with zero attached hydrogens (tertiary/aromatic N) is 1. The average molecular weight is 403 g/mol. The van der Waals surface area contributed by atoms with Crippen molar-refractivity contribution in [2.75, 3.05) is 4.90 Å². The molecule has 2 amide bonds. The standard InChI is InChI=1S/C24H21NO5/c1-13(26)18-4-2-3-5-19(18)30-24(29)14-8-10-17(11-9-14)25-22(27)20-15-6-7-16(12-15)21(20)23(25)28/h2-5,8-11,15-16,20-21H,6-7,12H2,1H3. The number of carbonyl (C=O) groups is 4. The Kier molecular flexibility index (Phi) is 4.31. The first-order chi connectivity index (χ1) is 14.5. The first-order valence-electron chi connectivity index (χ1n) is 10.3. The Morgan fingerprint density at radius 1 is 0.900 bits per heavy atom. The molecule has 30 heavy (non-hydrogen) atoms. The Labute approximate surface area is 173 Å². The zero-order valence-electron chi connectivity index (χ0n) is 16.5. The predicted molar refractivity (Wildman–Crippen MR) is 108 cm³/mol. The lowest BCUT2D eigenvalue weighted by atomic mass is 9.81. The van der Waals surface area contributed by atoms with E-state index >= 15 is 0 Å². The number of fused-ring (bicyclic) bond motifs is 5. The van der Waals surface area contributed by atoms with Crippen molar-refractivity contribution in [1.82, 2.24) is 0 Å². The highest BCUT2D eigenvalue weighted by Gasteiger charge is 2.61. The molecule has 3 fully saturated rings. The van der Waals surface area contributed by atoms with Gasteiger partial charge in [0.2, 0.25) is 11.8 Å². The summed E-state index contributed by atoms with van der Waals surface area (Å²) < 4.78 is 5.39. The van der Waals surface area contributed by atoms with Gasteiger partial charge in [-0.05, 0) is 74.4 Å². The number of benzene rings is 2. The number of carbonyl (C=O) groups excluding carboxylic acids is 4. The van der Waals surface area contributed by atoms with Crippen molar-refractivity contribution in [1.29, 1.82) is 0 Å². The monoisotopic (exact) mass is 403 g/mol. The van der Waals surface area contributed by atoms with Gasteiger partial charge in [0.1, 0.15) is 5.75 Å². The fourth-order valence-corrected chi connectivity index (χ4v) is 5.42. The highest BCUT2D eigenvalue weighted by atomic mass is 16.5. The Bertz CT molecular complexity index is 1050. The molecule has 6 heteroatoms. The minimum atomic E-state index is -0.607. The van der Waals surface area contributed by atoms with Crippen LogP contribution in [0.25, 0.3) is 0 Å². The van der Waals surface area contributed by atoms with Crippen molar-refractivity contribution in [3.8, 4) is 5.75 Å². The Hall–Kier alpha value is -3.28. The van der Waals surface area contributed by atoms with E-state index in [0.29, 0.717) is 23.1 Å². The second-order valence-electron chi connectivity index (χ2n) is 8.39. The molecule has 2 aliphatic carbocycles. The van der Waals surface area contributed by atoms with Crippen LogP contribution in [-0.2, 0) is 9.59 Å². The second kappa shape index (κ2) is 6.90. The van der Waals surface area contributed by atoms with Crippen molar-refractivity contribution in [3.05, 3.63) is 59.7 Å². The quantitative estimate of drug-likeness (QED) is 0.337. The summed E-state index contributed by atoms with van der Waals surface area (Å²) in [5.41, 5.74) is 1.09. The molecule has 4 atom stereocenters. The van der Waals surface area contributed by atoms with E-state index in [2.05, 4.69) is 0 Å². The molecule has 4 unspecified atom stereocenters. The molecule has 0 N–H and O–H groups in total. The minimum absolute atomic E-state index is 0.108. The summed E-state index contributed by atoms with van der Waals surface area (Å²) in [6, 6.07) is 12.8. The van der Waals surface area contributed by atoms with Crippen molar-refractivity contribution in [2.24, 2.45) is 23.7 Å². The molecular weight excluding hydrogens is 382 g/mol. The molecule has 0 spiro atoms. The molecule has 1 heterocycles. The maximum Gasteiger partial charge on any atom is 0.343 e. The maximum absolute atomic E-state index is 12.9. The van der Waals surface area contributed by atoms with Crippen LogP contribution in [-0.4, -0.2) is 23.6 Å². The number of rotatable bonds is 4. The van der Waals surface area contributed by atoms with Crippen LogP contribution < -0.4 is 9.64 Å². The molecule has 2 aromatic rings. The predicted octanol–water partition coefficient (Wildman–Crippen LogP) is 3.64. The summed E-state index contributed by atoms with van der Waals surface area (Å²) in [5.74, 6) is -0.510.